The minimum absolute atomic E-state index is 0.0192. The highest BCUT2D eigenvalue weighted by Crippen LogP contribution is 2.17. The van der Waals surface area contributed by atoms with Gasteiger partial charge in [-0.1, -0.05) is 44.2 Å². The second kappa shape index (κ2) is 8.86. The average molecular weight is 394 g/mol. The van der Waals surface area contributed by atoms with Crippen molar-refractivity contribution in [2.75, 3.05) is 0 Å². The second-order valence-corrected chi connectivity index (χ2v) is 7.18. The van der Waals surface area contributed by atoms with Crippen molar-refractivity contribution in [1.29, 1.82) is 0 Å². The number of rotatable bonds is 7. The van der Waals surface area contributed by atoms with Gasteiger partial charge in [0, 0.05) is 25.3 Å². The molecule has 0 saturated carbocycles. The van der Waals surface area contributed by atoms with Crippen LogP contribution in [0.5, 0.6) is 0 Å². The molecule has 1 unspecified atom stereocenters. The molecular weight excluding hydrogens is 368 g/mol. The molecule has 0 bridgehead atoms. The minimum Gasteiger partial charge on any atom is -0.332 e. The second-order valence-electron chi connectivity index (χ2n) is 7.18. The number of nitrogens with zero attached hydrogens (tertiary/aromatic N) is 3. The quantitative estimate of drug-likeness (QED) is 0.667. The van der Waals surface area contributed by atoms with E-state index in [0.717, 1.165) is 18.4 Å². The minimum atomic E-state index is -0.530. The summed E-state index contributed by atoms with van der Waals surface area (Å²) in [6, 6.07) is 11.3. The van der Waals surface area contributed by atoms with E-state index in [1.165, 1.54) is 16.8 Å². The normalized spacial score (nSPS) is 12.1. The summed E-state index contributed by atoms with van der Waals surface area (Å²) in [4.78, 5) is 46.2. The van der Waals surface area contributed by atoms with E-state index in [1.807, 2.05) is 51.1 Å². The Bertz CT molecular complexity index is 1120. The van der Waals surface area contributed by atoms with E-state index < -0.39 is 11.2 Å². The topological polar surface area (TPSA) is 88.1 Å². The molecule has 0 aliphatic carbocycles. The predicted octanol–water partition coefficient (Wildman–Crippen LogP) is 2.94. The molecule has 0 aliphatic heterocycles. The lowest BCUT2D eigenvalue weighted by molar-refractivity contribution is 0.0671. The number of aromatic nitrogens is 3. The number of amides is 1. The van der Waals surface area contributed by atoms with Crippen LogP contribution >= 0.6 is 0 Å². The molecule has 2 aromatic heterocycles. The highest BCUT2D eigenvalue weighted by Gasteiger charge is 2.22. The standard InChI is InChI=1S/C22H26N4O3/c1-4-11-25-19-18(20(27)24-22(25)29)12-17(13-23-19)21(28)26(15(3)5-2)14-16-9-7-6-8-10-16/h6-10,12-13,15H,4-5,11,14H2,1-3H3,(H,24,27,29). The maximum atomic E-state index is 13.3. The Balaban J connectivity index is 2.04. The number of fused-ring (bicyclic) bond motifs is 1. The third-order valence-electron chi connectivity index (χ3n) is 5.11. The van der Waals surface area contributed by atoms with Crippen LogP contribution in [0.25, 0.3) is 11.0 Å². The molecule has 0 spiro atoms. The van der Waals surface area contributed by atoms with Gasteiger partial charge < -0.3 is 4.90 Å². The van der Waals surface area contributed by atoms with Gasteiger partial charge in [-0.15, -0.1) is 0 Å². The van der Waals surface area contributed by atoms with Gasteiger partial charge in [-0.05, 0) is 31.4 Å². The van der Waals surface area contributed by atoms with Crippen LogP contribution in [0.3, 0.4) is 0 Å². The van der Waals surface area contributed by atoms with Crippen LogP contribution in [0.2, 0.25) is 0 Å². The number of nitrogens with one attached hydrogen (secondary N) is 1. The number of H-pyrrole nitrogens is 1. The summed E-state index contributed by atoms with van der Waals surface area (Å²) >= 11 is 0. The number of aromatic amines is 1. The van der Waals surface area contributed by atoms with E-state index >= 15 is 0 Å². The van der Waals surface area contributed by atoms with Gasteiger partial charge in [0.05, 0.1) is 10.9 Å². The molecule has 1 amide bonds. The maximum absolute atomic E-state index is 13.3. The molecule has 0 aliphatic rings. The fourth-order valence-corrected chi connectivity index (χ4v) is 3.31. The average Bonchev–Trinajstić information content (AvgIpc) is 2.74. The summed E-state index contributed by atoms with van der Waals surface area (Å²) < 4.78 is 1.43. The van der Waals surface area contributed by atoms with Crippen LogP contribution in [0.4, 0.5) is 0 Å². The van der Waals surface area contributed by atoms with Crippen LogP contribution in [0, 0.1) is 0 Å². The number of aryl methyl sites for hydroxylation is 1. The highest BCUT2D eigenvalue weighted by molar-refractivity contribution is 5.96. The number of pyridine rings is 1. The predicted molar refractivity (Wildman–Crippen MR) is 113 cm³/mol. The fourth-order valence-electron chi connectivity index (χ4n) is 3.31. The Morgan fingerprint density at radius 3 is 2.59 bits per heavy atom. The zero-order valence-electron chi connectivity index (χ0n) is 17.0. The molecule has 0 radical (unpaired) electrons. The molecule has 1 N–H and O–H groups in total. The van der Waals surface area contributed by atoms with E-state index in [9.17, 15) is 14.4 Å². The first-order valence-corrected chi connectivity index (χ1v) is 9.94. The first-order valence-electron chi connectivity index (χ1n) is 9.94. The first-order chi connectivity index (χ1) is 14.0. The lowest BCUT2D eigenvalue weighted by atomic mass is 10.1. The van der Waals surface area contributed by atoms with Gasteiger partial charge in [0.2, 0.25) is 0 Å². The third-order valence-corrected chi connectivity index (χ3v) is 5.11. The van der Waals surface area contributed by atoms with Crippen LogP contribution in [0.1, 0.15) is 49.5 Å². The van der Waals surface area contributed by atoms with Gasteiger partial charge in [0.15, 0.2) is 0 Å². The van der Waals surface area contributed by atoms with E-state index in [-0.39, 0.29) is 17.3 Å². The zero-order valence-corrected chi connectivity index (χ0v) is 17.0. The number of benzene rings is 1. The molecule has 152 valence electrons. The Morgan fingerprint density at radius 2 is 1.93 bits per heavy atom. The summed E-state index contributed by atoms with van der Waals surface area (Å²) in [5.74, 6) is -0.190. The van der Waals surface area contributed by atoms with E-state index in [0.29, 0.717) is 24.3 Å². The van der Waals surface area contributed by atoms with Crippen molar-refractivity contribution in [2.45, 2.75) is 52.7 Å². The highest BCUT2D eigenvalue weighted by atomic mass is 16.2. The van der Waals surface area contributed by atoms with Crippen molar-refractivity contribution in [1.82, 2.24) is 19.4 Å². The van der Waals surface area contributed by atoms with Gasteiger partial charge in [-0.25, -0.2) is 9.78 Å². The molecule has 3 rings (SSSR count). The number of hydrogen-bond donors (Lipinski definition) is 1. The van der Waals surface area contributed by atoms with Crippen molar-refractivity contribution < 1.29 is 4.79 Å². The Labute approximate surface area is 169 Å². The van der Waals surface area contributed by atoms with Crippen molar-refractivity contribution >= 4 is 16.9 Å². The zero-order chi connectivity index (χ0) is 21.0. The molecule has 7 nitrogen and oxygen atoms in total. The van der Waals surface area contributed by atoms with Crippen molar-refractivity contribution in [3.63, 3.8) is 0 Å². The van der Waals surface area contributed by atoms with Crippen LogP contribution in [-0.4, -0.2) is 31.4 Å². The van der Waals surface area contributed by atoms with Gasteiger partial charge in [0.1, 0.15) is 5.65 Å². The number of carbonyl (C=O) groups is 1. The first kappa shape index (κ1) is 20.5. The molecule has 2 heterocycles. The lowest BCUT2D eigenvalue weighted by Gasteiger charge is -2.29. The van der Waals surface area contributed by atoms with Crippen molar-refractivity contribution in [3.05, 3.63) is 74.6 Å². The van der Waals surface area contributed by atoms with Gasteiger partial charge >= 0.3 is 5.69 Å². The monoisotopic (exact) mass is 394 g/mol. The van der Waals surface area contributed by atoms with E-state index in [1.54, 1.807) is 4.90 Å². The Morgan fingerprint density at radius 1 is 1.21 bits per heavy atom. The molecule has 0 saturated heterocycles. The smallest absolute Gasteiger partial charge is 0.329 e. The summed E-state index contributed by atoms with van der Waals surface area (Å²) in [5.41, 5.74) is 0.652. The number of hydrogen-bond acceptors (Lipinski definition) is 4. The summed E-state index contributed by atoms with van der Waals surface area (Å²) in [6.45, 7) is 6.89. The van der Waals surface area contributed by atoms with Gasteiger partial charge in [-0.2, -0.15) is 0 Å². The van der Waals surface area contributed by atoms with Crippen molar-refractivity contribution in [3.8, 4) is 0 Å². The number of carbonyl (C=O) groups excluding carboxylic acids is 1. The summed E-state index contributed by atoms with van der Waals surface area (Å²) in [5, 5.41) is 0.243. The summed E-state index contributed by atoms with van der Waals surface area (Å²) in [7, 11) is 0. The maximum Gasteiger partial charge on any atom is 0.329 e. The Hall–Kier alpha value is -3.22. The van der Waals surface area contributed by atoms with Crippen LogP contribution in [-0.2, 0) is 13.1 Å². The van der Waals surface area contributed by atoms with E-state index in [4.69, 9.17) is 0 Å². The van der Waals surface area contributed by atoms with Gasteiger partial charge in [0.25, 0.3) is 11.5 Å². The molecule has 1 atom stereocenters. The molecule has 0 fully saturated rings. The largest absolute Gasteiger partial charge is 0.332 e. The lowest BCUT2D eigenvalue weighted by Crippen LogP contribution is -2.38. The molecule has 3 aromatic rings. The van der Waals surface area contributed by atoms with Gasteiger partial charge in [-0.3, -0.25) is 19.1 Å². The van der Waals surface area contributed by atoms with E-state index in [2.05, 4.69) is 9.97 Å². The third kappa shape index (κ3) is 4.29. The fraction of sp³-hybridized carbons (Fsp3) is 0.364. The molecule has 29 heavy (non-hydrogen) atoms. The van der Waals surface area contributed by atoms with Crippen molar-refractivity contribution in [2.24, 2.45) is 0 Å². The van der Waals surface area contributed by atoms with Crippen LogP contribution < -0.4 is 11.2 Å². The SMILES string of the molecule is CCCn1c(=O)[nH]c(=O)c2cc(C(=O)N(Cc3ccccc3)C(C)CC)cnc21. The Kier molecular flexibility index (Phi) is 6.26. The van der Waals surface area contributed by atoms with Crippen LogP contribution in [0.15, 0.2) is 52.2 Å². The molecule has 7 heteroatoms. The summed E-state index contributed by atoms with van der Waals surface area (Å²) in [6.07, 6.45) is 2.98. The molecular formula is C22H26N4O3. The molecule has 1 aromatic carbocycles.